The van der Waals surface area contributed by atoms with E-state index >= 15 is 0 Å². The molecule has 1 aromatic heterocycles. The third kappa shape index (κ3) is 5.10. The molecule has 29 heavy (non-hydrogen) atoms. The zero-order valence-electron chi connectivity index (χ0n) is 15.9. The van der Waals surface area contributed by atoms with Crippen molar-refractivity contribution >= 4 is 34.6 Å². The first-order chi connectivity index (χ1) is 14.0. The van der Waals surface area contributed by atoms with Crippen molar-refractivity contribution in [1.82, 2.24) is 0 Å². The van der Waals surface area contributed by atoms with Crippen molar-refractivity contribution in [2.75, 3.05) is 12.4 Å². The molecule has 0 spiro atoms. The van der Waals surface area contributed by atoms with Gasteiger partial charge in [0.2, 0.25) is 5.91 Å². The van der Waals surface area contributed by atoms with Crippen LogP contribution in [0.4, 0.5) is 5.69 Å². The monoisotopic (exact) mass is 393 g/mol. The molecule has 0 radical (unpaired) electrons. The van der Waals surface area contributed by atoms with Crippen LogP contribution >= 0.6 is 0 Å². The highest BCUT2D eigenvalue weighted by Gasteiger charge is 2.09. The average Bonchev–Trinajstić information content (AvgIpc) is 2.69. The maximum atomic E-state index is 12.1. The zero-order chi connectivity index (χ0) is 20.8. The van der Waals surface area contributed by atoms with E-state index in [0.717, 1.165) is 5.56 Å². The topological polar surface area (TPSA) is 94.8 Å². The highest BCUT2D eigenvalue weighted by molar-refractivity contribution is 5.92. The second kappa shape index (κ2) is 8.88. The summed E-state index contributed by atoms with van der Waals surface area (Å²) in [6.07, 6.45) is 2.89. The quantitative estimate of drug-likeness (QED) is 0.391. The fraction of sp³-hybridized carbons (Fsp3) is 0.136. The summed E-state index contributed by atoms with van der Waals surface area (Å²) < 4.78 is 15.7. The molecule has 1 N–H and O–H groups in total. The summed E-state index contributed by atoms with van der Waals surface area (Å²) in [5.74, 6) is -0.163. The van der Waals surface area contributed by atoms with Crippen molar-refractivity contribution in [3.05, 3.63) is 76.2 Å². The second-order valence-electron chi connectivity index (χ2n) is 6.17. The molecule has 2 aromatic carbocycles. The van der Waals surface area contributed by atoms with Crippen molar-refractivity contribution in [3.63, 3.8) is 0 Å². The number of ether oxygens (including phenoxy) is 2. The third-order valence-corrected chi connectivity index (χ3v) is 4.06. The first kappa shape index (κ1) is 19.9. The molecule has 148 valence electrons. The normalized spacial score (nSPS) is 10.8. The number of benzene rings is 2. The Morgan fingerprint density at radius 2 is 1.93 bits per heavy atom. The van der Waals surface area contributed by atoms with Crippen molar-refractivity contribution in [3.8, 4) is 5.75 Å². The fourth-order valence-electron chi connectivity index (χ4n) is 2.79. The molecule has 0 saturated heterocycles. The lowest BCUT2D eigenvalue weighted by Gasteiger charge is -2.08. The Hall–Kier alpha value is -3.87. The maximum Gasteiger partial charge on any atom is 0.336 e. The number of methoxy groups -OCH3 is 1. The summed E-state index contributed by atoms with van der Waals surface area (Å²) in [5.41, 5.74) is 1.46. The summed E-state index contributed by atoms with van der Waals surface area (Å²) >= 11 is 0. The number of hydrogen-bond donors (Lipinski definition) is 1. The number of esters is 1. The number of hydrogen-bond acceptors (Lipinski definition) is 6. The van der Waals surface area contributed by atoms with Gasteiger partial charge in [-0.25, -0.2) is 9.59 Å². The Balaban J connectivity index is 1.76. The van der Waals surface area contributed by atoms with Crippen LogP contribution in [0.15, 0.2) is 63.8 Å². The Kier molecular flexibility index (Phi) is 6.09. The molecule has 1 heterocycles. The predicted molar refractivity (Wildman–Crippen MR) is 109 cm³/mol. The van der Waals surface area contributed by atoms with Crippen LogP contribution in [0.2, 0.25) is 0 Å². The van der Waals surface area contributed by atoms with E-state index in [0.29, 0.717) is 28.0 Å². The number of carbonyl (C=O) groups excluding carboxylic acids is 2. The number of carbonyl (C=O) groups is 2. The highest BCUT2D eigenvalue weighted by Crippen LogP contribution is 2.22. The van der Waals surface area contributed by atoms with Gasteiger partial charge in [-0.3, -0.25) is 4.79 Å². The molecule has 0 bridgehead atoms. The first-order valence-corrected chi connectivity index (χ1v) is 8.78. The minimum Gasteiger partial charge on any atom is -0.496 e. The summed E-state index contributed by atoms with van der Waals surface area (Å²) in [6, 6.07) is 13.5. The van der Waals surface area contributed by atoms with Crippen molar-refractivity contribution in [1.29, 1.82) is 0 Å². The molecule has 0 unspecified atom stereocenters. The van der Waals surface area contributed by atoms with Gasteiger partial charge in [0.05, 0.1) is 7.11 Å². The van der Waals surface area contributed by atoms with Crippen LogP contribution in [0.1, 0.15) is 18.1 Å². The fourth-order valence-corrected chi connectivity index (χ4v) is 2.79. The highest BCUT2D eigenvalue weighted by atomic mass is 16.5. The van der Waals surface area contributed by atoms with Gasteiger partial charge in [-0.15, -0.1) is 0 Å². The zero-order valence-corrected chi connectivity index (χ0v) is 15.9. The standard InChI is InChI=1S/C22H19NO6/c1-14(24)23-17-8-9-18-16(11-22(26)29-20(18)12-17)13-28-21(25)10-7-15-5-3-4-6-19(15)27-2/h3-12H,13H2,1-2H3,(H,23,24)/b10-7+. The number of para-hydroxylation sites is 1. The number of nitrogens with one attached hydrogen (secondary N) is 1. The first-order valence-electron chi connectivity index (χ1n) is 8.78. The van der Waals surface area contributed by atoms with Gasteiger partial charge in [-0.05, 0) is 24.3 Å². The Morgan fingerprint density at radius 1 is 1.14 bits per heavy atom. The molecule has 3 rings (SSSR count). The third-order valence-electron chi connectivity index (χ3n) is 4.06. The number of fused-ring (bicyclic) bond motifs is 1. The molecule has 0 aliphatic rings. The van der Waals surface area contributed by atoms with Crippen LogP contribution < -0.4 is 15.7 Å². The van der Waals surface area contributed by atoms with E-state index in [1.165, 1.54) is 19.1 Å². The Bertz CT molecular complexity index is 1150. The average molecular weight is 393 g/mol. The van der Waals surface area contributed by atoms with E-state index in [1.807, 2.05) is 18.2 Å². The molecule has 0 aliphatic heterocycles. The Labute approximate surface area is 166 Å². The van der Waals surface area contributed by atoms with Crippen LogP contribution in [0.25, 0.3) is 17.0 Å². The lowest BCUT2D eigenvalue weighted by atomic mass is 10.1. The maximum absolute atomic E-state index is 12.1. The van der Waals surface area contributed by atoms with Crippen LogP contribution in [0, 0.1) is 0 Å². The van der Waals surface area contributed by atoms with Crippen molar-refractivity contribution in [2.24, 2.45) is 0 Å². The molecular weight excluding hydrogens is 374 g/mol. The molecule has 0 atom stereocenters. The molecule has 0 aliphatic carbocycles. The van der Waals surface area contributed by atoms with Crippen molar-refractivity contribution in [2.45, 2.75) is 13.5 Å². The van der Waals surface area contributed by atoms with Crippen LogP contribution in [0.5, 0.6) is 5.75 Å². The van der Waals surface area contributed by atoms with Gasteiger partial charge in [0.15, 0.2) is 0 Å². The van der Waals surface area contributed by atoms with Gasteiger partial charge in [0.1, 0.15) is 17.9 Å². The molecule has 0 fully saturated rings. The smallest absolute Gasteiger partial charge is 0.336 e. The van der Waals surface area contributed by atoms with Crippen LogP contribution in [-0.4, -0.2) is 19.0 Å². The Morgan fingerprint density at radius 3 is 2.69 bits per heavy atom. The molecule has 7 heteroatoms. The van der Waals surface area contributed by atoms with E-state index in [-0.39, 0.29) is 12.5 Å². The van der Waals surface area contributed by atoms with Crippen LogP contribution in [0.3, 0.4) is 0 Å². The van der Waals surface area contributed by atoms with E-state index in [2.05, 4.69) is 5.32 Å². The summed E-state index contributed by atoms with van der Waals surface area (Å²) in [6.45, 7) is 1.28. The summed E-state index contributed by atoms with van der Waals surface area (Å²) in [7, 11) is 1.55. The lowest BCUT2D eigenvalue weighted by molar-refractivity contribution is -0.138. The van der Waals surface area contributed by atoms with Gasteiger partial charge in [0, 0.05) is 47.3 Å². The summed E-state index contributed by atoms with van der Waals surface area (Å²) in [4.78, 5) is 35.1. The molecule has 1 amide bonds. The minimum atomic E-state index is -0.576. The van der Waals surface area contributed by atoms with Crippen LogP contribution in [-0.2, 0) is 20.9 Å². The van der Waals surface area contributed by atoms with Gasteiger partial charge >= 0.3 is 11.6 Å². The molecule has 0 saturated carbocycles. The number of anilines is 1. The molecule has 7 nitrogen and oxygen atoms in total. The van der Waals surface area contributed by atoms with E-state index in [9.17, 15) is 14.4 Å². The number of amides is 1. The number of rotatable bonds is 6. The SMILES string of the molecule is COc1ccccc1/C=C/C(=O)OCc1cc(=O)oc2cc(NC(C)=O)ccc12. The van der Waals surface area contributed by atoms with E-state index < -0.39 is 11.6 Å². The van der Waals surface area contributed by atoms with E-state index in [4.69, 9.17) is 13.9 Å². The van der Waals surface area contributed by atoms with Gasteiger partial charge < -0.3 is 19.2 Å². The van der Waals surface area contributed by atoms with Crippen molar-refractivity contribution < 1.29 is 23.5 Å². The van der Waals surface area contributed by atoms with Gasteiger partial charge in [-0.1, -0.05) is 18.2 Å². The molecule has 3 aromatic rings. The largest absolute Gasteiger partial charge is 0.496 e. The van der Waals surface area contributed by atoms with Gasteiger partial charge in [-0.2, -0.15) is 0 Å². The predicted octanol–water partition coefficient (Wildman–Crippen LogP) is 3.52. The van der Waals surface area contributed by atoms with Gasteiger partial charge in [0.25, 0.3) is 0 Å². The second-order valence-corrected chi connectivity index (χ2v) is 6.17. The molecular formula is C22H19NO6. The lowest BCUT2D eigenvalue weighted by Crippen LogP contribution is -2.07. The minimum absolute atomic E-state index is 0.101. The van der Waals surface area contributed by atoms with E-state index in [1.54, 1.807) is 37.5 Å². The summed E-state index contributed by atoms with van der Waals surface area (Å²) in [5, 5.41) is 3.23.